The molecular weight excluding hydrogens is 256 g/mol. The van der Waals surface area contributed by atoms with Gasteiger partial charge in [0.1, 0.15) is 11.5 Å². The number of hydrogen-bond acceptors (Lipinski definition) is 3. The average molecular weight is 267 g/mol. The summed E-state index contributed by atoms with van der Waals surface area (Å²) in [7, 11) is 0. The van der Waals surface area contributed by atoms with E-state index in [2.05, 4.69) is 43.0 Å². The lowest BCUT2D eigenvalue weighted by molar-refractivity contribution is 0.841. The first kappa shape index (κ1) is 10.3. The zero-order chi connectivity index (χ0) is 10.7. The van der Waals surface area contributed by atoms with E-state index < -0.39 is 0 Å². The van der Waals surface area contributed by atoms with Crippen LogP contribution < -0.4 is 0 Å². The molecular formula is C10H11BrN4. The molecule has 4 nitrogen and oxygen atoms in total. The van der Waals surface area contributed by atoms with Crippen molar-refractivity contribution in [2.75, 3.05) is 0 Å². The van der Waals surface area contributed by atoms with E-state index in [1.807, 2.05) is 12.1 Å². The third-order valence-electron chi connectivity index (χ3n) is 1.99. The van der Waals surface area contributed by atoms with Gasteiger partial charge in [0.05, 0.1) is 0 Å². The maximum Gasteiger partial charge on any atom is 0.200 e. The minimum absolute atomic E-state index is 0.644. The minimum Gasteiger partial charge on any atom is -0.263 e. The smallest absolute Gasteiger partial charge is 0.200 e. The number of hydrogen-bond donors (Lipinski definition) is 1. The molecule has 0 atom stereocenters. The summed E-state index contributed by atoms with van der Waals surface area (Å²) in [4.78, 5) is 8.60. The molecule has 0 aliphatic carbocycles. The lowest BCUT2D eigenvalue weighted by atomic mass is 10.3. The summed E-state index contributed by atoms with van der Waals surface area (Å²) in [5, 5.41) is 7.05. The number of aryl methyl sites for hydroxylation is 1. The molecule has 2 rings (SSSR count). The third-order valence-corrected chi connectivity index (χ3v) is 2.63. The van der Waals surface area contributed by atoms with Crippen molar-refractivity contribution >= 4 is 15.9 Å². The van der Waals surface area contributed by atoms with Gasteiger partial charge in [0.2, 0.25) is 5.82 Å². The van der Waals surface area contributed by atoms with Gasteiger partial charge in [-0.15, -0.1) is 0 Å². The van der Waals surface area contributed by atoms with Crippen molar-refractivity contribution < 1.29 is 0 Å². The zero-order valence-electron chi connectivity index (χ0n) is 8.37. The molecule has 0 amide bonds. The summed E-state index contributed by atoms with van der Waals surface area (Å²) >= 11 is 3.42. The van der Waals surface area contributed by atoms with Crippen molar-refractivity contribution in [3.05, 3.63) is 28.6 Å². The highest BCUT2D eigenvalue weighted by molar-refractivity contribution is 9.10. The van der Waals surface area contributed by atoms with Crippen LogP contribution in [-0.2, 0) is 6.42 Å². The summed E-state index contributed by atoms with van der Waals surface area (Å²) in [6.45, 7) is 2.11. The molecule has 5 heteroatoms. The molecule has 15 heavy (non-hydrogen) atoms. The van der Waals surface area contributed by atoms with Crippen LogP contribution in [0.2, 0.25) is 0 Å². The molecule has 0 unspecified atom stereocenters. The fourth-order valence-corrected chi connectivity index (χ4v) is 1.73. The normalized spacial score (nSPS) is 10.5. The van der Waals surface area contributed by atoms with E-state index >= 15 is 0 Å². The Balaban J connectivity index is 2.33. The summed E-state index contributed by atoms with van der Waals surface area (Å²) in [6, 6.07) is 3.80. The predicted molar refractivity (Wildman–Crippen MR) is 61.3 cm³/mol. The Morgan fingerprint density at radius 3 is 3.07 bits per heavy atom. The van der Waals surface area contributed by atoms with E-state index in [1.54, 1.807) is 6.20 Å². The lowest BCUT2D eigenvalue weighted by Crippen LogP contribution is -1.87. The summed E-state index contributed by atoms with van der Waals surface area (Å²) in [5.74, 6) is 1.55. The number of pyridine rings is 1. The molecule has 0 radical (unpaired) electrons. The number of nitrogens with zero attached hydrogens (tertiary/aromatic N) is 3. The van der Waals surface area contributed by atoms with Crippen LogP contribution in [0.15, 0.2) is 22.8 Å². The summed E-state index contributed by atoms with van der Waals surface area (Å²) < 4.78 is 0.909. The van der Waals surface area contributed by atoms with Crippen molar-refractivity contribution in [1.29, 1.82) is 0 Å². The van der Waals surface area contributed by atoms with E-state index in [0.717, 1.165) is 28.8 Å². The molecule has 2 aromatic heterocycles. The zero-order valence-corrected chi connectivity index (χ0v) is 9.95. The molecule has 0 saturated heterocycles. The van der Waals surface area contributed by atoms with Gasteiger partial charge in [-0.1, -0.05) is 6.92 Å². The molecule has 0 fully saturated rings. The Labute approximate surface area is 96.3 Å². The van der Waals surface area contributed by atoms with Crippen LogP contribution in [0.5, 0.6) is 0 Å². The Morgan fingerprint density at radius 2 is 2.33 bits per heavy atom. The second-order valence-electron chi connectivity index (χ2n) is 3.19. The van der Waals surface area contributed by atoms with Crippen LogP contribution in [0.1, 0.15) is 19.2 Å². The van der Waals surface area contributed by atoms with Gasteiger partial charge >= 0.3 is 0 Å². The van der Waals surface area contributed by atoms with Gasteiger partial charge in [0.15, 0.2) is 0 Å². The molecule has 0 aromatic carbocycles. The monoisotopic (exact) mass is 266 g/mol. The van der Waals surface area contributed by atoms with Crippen LogP contribution >= 0.6 is 15.9 Å². The van der Waals surface area contributed by atoms with Crippen molar-refractivity contribution in [3.63, 3.8) is 0 Å². The second-order valence-corrected chi connectivity index (χ2v) is 4.04. The van der Waals surface area contributed by atoms with Gasteiger partial charge in [0.25, 0.3) is 0 Å². The first-order valence-corrected chi connectivity index (χ1v) is 5.62. The van der Waals surface area contributed by atoms with E-state index in [4.69, 9.17) is 0 Å². The number of aromatic nitrogens is 4. The topological polar surface area (TPSA) is 54.5 Å². The van der Waals surface area contributed by atoms with E-state index in [9.17, 15) is 0 Å². The highest BCUT2D eigenvalue weighted by Gasteiger charge is 2.09. The number of rotatable bonds is 3. The van der Waals surface area contributed by atoms with Gasteiger partial charge in [-0.3, -0.25) is 10.1 Å². The first-order chi connectivity index (χ1) is 7.31. The number of H-pyrrole nitrogens is 1. The highest BCUT2D eigenvalue weighted by Crippen LogP contribution is 2.22. The summed E-state index contributed by atoms with van der Waals surface area (Å²) in [5.41, 5.74) is 0.774. The molecule has 0 bridgehead atoms. The van der Waals surface area contributed by atoms with Crippen LogP contribution in [0.4, 0.5) is 0 Å². The summed E-state index contributed by atoms with van der Waals surface area (Å²) in [6.07, 6.45) is 3.70. The van der Waals surface area contributed by atoms with E-state index in [1.165, 1.54) is 0 Å². The second kappa shape index (κ2) is 4.53. The number of halogens is 1. The van der Waals surface area contributed by atoms with Crippen molar-refractivity contribution in [2.24, 2.45) is 0 Å². The molecule has 0 saturated carbocycles. The number of aromatic amines is 1. The fourth-order valence-electron chi connectivity index (χ4n) is 1.30. The molecule has 1 N–H and O–H groups in total. The molecule has 0 aliphatic rings. The highest BCUT2D eigenvalue weighted by atomic mass is 79.9. The first-order valence-electron chi connectivity index (χ1n) is 4.83. The van der Waals surface area contributed by atoms with Crippen molar-refractivity contribution in [2.45, 2.75) is 19.8 Å². The quantitative estimate of drug-likeness (QED) is 0.929. The van der Waals surface area contributed by atoms with Crippen LogP contribution in [0, 0.1) is 0 Å². The number of nitrogens with one attached hydrogen (secondary N) is 1. The van der Waals surface area contributed by atoms with Crippen LogP contribution in [0.3, 0.4) is 0 Å². The standard InChI is InChI=1S/C10H11BrN4/c1-2-4-8-13-10(15-14-8)9-7(11)5-3-6-12-9/h3,5-6H,2,4H2,1H3,(H,13,14,15). The Morgan fingerprint density at radius 1 is 1.47 bits per heavy atom. The minimum atomic E-state index is 0.644. The van der Waals surface area contributed by atoms with Gasteiger partial charge in [-0.25, -0.2) is 4.98 Å². The maximum absolute atomic E-state index is 4.37. The predicted octanol–water partition coefficient (Wildman–Crippen LogP) is 2.58. The maximum atomic E-state index is 4.37. The van der Waals surface area contributed by atoms with Gasteiger partial charge in [-0.05, 0) is 34.5 Å². The molecule has 2 heterocycles. The molecule has 2 aromatic rings. The average Bonchev–Trinajstić information content (AvgIpc) is 2.68. The Hall–Kier alpha value is -1.23. The lowest BCUT2D eigenvalue weighted by Gasteiger charge is -1.95. The van der Waals surface area contributed by atoms with Gasteiger partial charge in [-0.2, -0.15) is 5.10 Å². The van der Waals surface area contributed by atoms with Gasteiger partial charge < -0.3 is 0 Å². The third kappa shape index (κ3) is 2.23. The van der Waals surface area contributed by atoms with Crippen LogP contribution in [-0.4, -0.2) is 20.2 Å². The molecule has 78 valence electrons. The molecule has 0 aliphatic heterocycles. The largest absolute Gasteiger partial charge is 0.263 e. The van der Waals surface area contributed by atoms with E-state index in [0.29, 0.717) is 5.82 Å². The van der Waals surface area contributed by atoms with Gasteiger partial charge in [0, 0.05) is 17.1 Å². The Bertz CT molecular complexity index is 452. The SMILES string of the molecule is CCCc1nc(-c2ncccc2Br)n[nH]1. The van der Waals surface area contributed by atoms with E-state index in [-0.39, 0.29) is 0 Å². The van der Waals surface area contributed by atoms with Crippen LogP contribution in [0.25, 0.3) is 11.5 Å². The Kier molecular flexibility index (Phi) is 3.11. The van der Waals surface area contributed by atoms with Crippen molar-refractivity contribution in [1.82, 2.24) is 20.2 Å². The fraction of sp³-hybridized carbons (Fsp3) is 0.300. The van der Waals surface area contributed by atoms with Crippen molar-refractivity contribution in [3.8, 4) is 11.5 Å². The molecule has 0 spiro atoms.